The van der Waals surface area contributed by atoms with E-state index in [1.807, 2.05) is 57.6 Å². The Morgan fingerprint density at radius 3 is 2.44 bits per heavy atom. The molecule has 0 aliphatic carbocycles. The number of hydrogen-bond donors (Lipinski definition) is 2. The second-order valence-corrected chi connectivity index (χ2v) is 7.38. The molecule has 0 fully saturated rings. The number of pyridine rings is 1. The van der Waals surface area contributed by atoms with Gasteiger partial charge in [-0.1, -0.05) is 13.8 Å². The van der Waals surface area contributed by atoms with Crippen molar-refractivity contribution < 1.29 is 15.0 Å². The molecule has 2 heterocycles. The lowest BCUT2D eigenvalue weighted by molar-refractivity contribution is 0.0977. The summed E-state index contributed by atoms with van der Waals surface area (Å²) < 4.78 is 1.92. The van der Waals surface area contributed by atoms with Crippen LogP contribution in [0.4, 0.5) is 5.69 Å². The smallest absolute Gasteiger partial charge is 0.262 e. The number of aryl methyl sites for hydroxylation is 1. The summed E-state index contributed by atoms with van der Waals surface area (Å²) in [5.41, 5.74) is 2.28. The molecule has 3 aromatic rings. The molecule has 6 heteroatoms. The number of carbonyl (C=O) groups is 1. The van der Waals surface area contributed by atoms with Crippen LogP contribution >= 0.6 is 0 Å². The van der Waals surface area contributed by atoms with Gasteiger partial charge in [0.2, 0.25) is 0 Å². The number of aromatic hydroxyl groups is 2. The van der Waals surface area contributed by atoms with Crippen molar-refractivity contribution >= 4 is 22.6 Å². The number of nitrogens with zero attached hydrogens (tertiary/aromatic N) is 3. The zero-order chi connectivity index (χ0) is 19.9. The maximum Gasteiger partial charge on any atom is 0.262 e. The second kappa shape index (κ2) is 6.95. The van der Waals surface area contributed by atoms with E-state index in [2.05, 4.69) is 4.98 Å². The summed E-state index contributed by atoms with van der Waals surface area (Å²) in [4.78, 5) is 19.4. The van der Waals surface area contributed by atoms with E-state index in [-0.39, 0.29) is 34.9 Å². The number of phenolic OH excluding ortho intramolecular Hbond substituents is 2. The van der Waals surface area contributed by atoms with E-state index in [9.17, 15) is 15.0 Å². The van der Waals surface area contributed by atoms with Gasteiger partial charge >= 0.3 is 0 Å². The summed E-state index contributed by atoms with van der Waals surface area (Å²) in [6.07, 6.45) is 3.59. The van der Waals surface area contributed by atoms with Gasteiger partial charge < -0.3 is 19.7 Å². The van der Waals surface area contributed by atoms with Crippen LogP contribution in [0.3, 0.4) is 0 Å². The minimum atomic E-state index is -0.332. The molecule has 0 saturated heterocycles. The quantitative estimate of drug-likeness (QED) is 0.726. The van der Waals surface area contributed by atoms with Gasteiger partial charge in [-0.2, -0.15) is 0 Å². The number of carbonyl (C=O) groups excluding carboxylic acids is 1. The molecule has 0 atom stereocenters. The van der Waals surface area contributed by atoms with Gasteiger partial charge in [-0.3, -0.25) is 4.79 Å². The van der Waals surface area contributed by atoms with Crippen molar-refractivity contribution in [1.82, 2.24) is 9.55 Å². The Balaban J connectivity index is 2.09. The first-order valence-corrected chi connectivity index (χ1v) is 9.01. The van der Waals surface area contributed by atoms with E-state index in [1.165, 1.54) is 6.07 Å². The normalized spacial score (nSPS) is 11.5. The lowest BCUT2D eigenvalue weighted by Gasteiger charge is -2.27. The van der Waals surface area contributed by atoms with Gasteiger partial charge in [0.05, 0.1) is 17.4 Å². The predicted octanol–water partition coefficient (Wildman–Crippen LogP) is 4.16. The van der Waals surface area contributed by atoms with E-state index in [1.54, 1.807) is 17.2 Å². The summed E-state index contributed by atoms with van der Waals surface area (Å²) >= 11 is 0. The first-order chi connectivity index (χ1) is 12.7. The van der Waals surface area contributed by atoms with E-state index in [4.69, 9.17) is 0 Å². The summed E-state index contributed by atoms with van der Waals surface area (Å²) in [5.74, 6) is -0.558. The topological polar surface area (TPSA) is 78.6 Å². The van der Waals surface area contributed by atoms with Crippen LogP contribution < -0.4 is 4.90 Å². The van der Waals surface area contributed by atoms with Crippen LogP contribution in [0.15, 0.2) is 36.7 Å². The molecule has 1 aromatic carbocycles. The van der Waals surface area contributed by atoms with Crippen molar-refractivity contribution in [2.45, 2.75) is 39.7 Å². The first kappa shape index (κ1) is 18.8. The largest absolute Gasteiger partial charge is 0.508 e. The molecule has 2 aromatic heterocycles. The fourth-order valence-electron chi connectivity index (χ4n) is 3.28. The number of hydrogen-bond acceptors (Lipinski definition) is 4. The van der Waals surface area contributed by atoms with Crippen LogP contribution in [0.25, 0.3) is 11.0 Å². The van der Waals surface area contributed by atoms with Gasteiger partial charge in [0.25, 0.3) is 5.91 Å². The van der Waals surface area contributed by atoms with Gasteiger partial charge in [-0.05, 0) is 43.5 Å². The van der Waals surface area contributed by atoms with Crippen LogP contribution in [-0.2, 0) is 7.05 Å². The van der Waals surface area contributed by atoms with Crippen molar-refractivity contribution in [3.8, 4) is 11.5 Å². The van der Waals surface area contributed by atoms with E-state index in [0.29, 0.717) is 11.3 Å². The minimum Gasteiger partial charge on any atom is -0.508 e. The van der Waals surface area contributed by atoms with Gasteiger partial charge in [-0.25, -0.2) is 4.98 Å². The molecule has 0 aliphatic heterocycles. The monoisotopic (exact) mass is 367 g/mol. The highest BCUT2D eigenvalue weighted by Gasteiger charge is 2.25. The molecule has 142 valence electrons. The molecule has 0 unspecified atom stereocenters. The highest BCUT2D eigenvalue weighted by atomic mass is 16.3. The number of aromatic nitrogens is 2. The number of anilines is 1. The molecule has 3 rings (SSSR count). The number of amides is 1. The van der Waals surface area contributed by atoms with Crippen LogP contribution in [0.2, 0.25) is 0 Å². The third-order valence-corrected chi connectivity index (χ3v) is 4.70. The Kier molecular flexibility index (Phi) is 4.83. The van der Waals surface area contributed by atoms with E-state index >= 15 is 0 Å². The molecular formula is C21H25N3O3. The number of fused-ring (bicyclic) bond motifs is 1. The SMILES string of the molecule is CC(C)c1cc(C(=O)N(c2cnc3c(ccn3C)c2)C(C)C)c(O)cc1O. The zero-order valence-corrected chi connectivity index (χ0v) is 16.3. The predicted molar refractivity (Wildman–Crippen MR) is 107 cm³/mol. The summed E-state index contributed by atoms with van der Waals surface area (Å²) in [7, 11) is 1.92. The minimum absolute atomic E-state index is 0.0116. The Bertz CT molecular complexity index is 1010. The first-order valence-electron chi connectivity index (χ1n) is 9.01. The Morgan fingerprint density at radius 2 is 1.81 bits per heavy atom. The molecule has 6 nitrogen and oxygen atoms in total. The van der Waals surface area contributed by atoms with E-state index < -0.39 is 0 Å². The van der Waals surface area contributed by atoms with E-state index in [0.717, 1.165) is 11.0 Å². The standard InChI is InChI=1S/C21H25N3O3/c1-12(2)16-9-17(19(26)10-18(16)25)21(27)24(13(3)4)15-8-14-6-7-23(5)20(14)22-11-15/h6-13,25-26H,1-5H3. The molecule has 0 saturated carbocycles. The number of rotatable bonds is 4. The lowest BCUT2D eigenvalue weighted by atomic mass is 9.98. The average molecular weight is 367 g/mol. The highest BCUT2D eigenvalue weighted by molar-refractivity contribution is 6.09. The molecule has 2 N–H and O–H groups in total. The van der Waals surface area contributed by atoms with Gasteiger partial charge in [0, 0.05) is 30.7 Å². The van der Waals surface area contributed by atoms with Crippen molar-refractivity contribution in [1.29, 1.82) is 0 Å². The molecule has 0 bridgehead atoms. The number of benzene rings is 1. The lowest BCUT2D eigenvalue weighted by Crippen LogP contribution is -2.37. The molecular weight excluding hydrogens is 342 g/mol. The second-order valence-electron chi connectivity index (χ2n) is 7.38. The van der Waals surface area contributed by atoms with Crippen LogP contribution in [0.1, 0.15) is 49.5 Å². The van der Waals surface area contributed by atoms with Crippen LogP contribution in [0.5, 0.6) is 11.5 Å². The molecule has 0 aliphatic rings. The van der Waals surface area contributed by atoms with Crippen molar-refractivity contribution in [3.63, 3.8) is 0 Å². The molecule has 0 spiro atoms. The van der Waals surface area contributed by atoms with Crippen molar-refractivity contribution in [2.75, 3.05) is 4.90 Å². The summed E-state index contributed by atoms with van der Waals surface area (Å²) in [5, 5.41) is 21.3. The summed E-state index contributed by atoms with van der Waals surface area (Å²) in [6.45, 7) is 7.67. The van der Waals surface area contributed by atoms with Crippen molar-refractivity contribution in [3.05, 3.63) is 47.8 Å². The Morgan fingerprint density at radius 1 is 1.11 bits per heavy atom. The average Bonchev–Trinajstić information content (AvgIpc) is 2.95. The maximum absolute atomic E-state index is 13.3. The molecule has 1 amide bonds. The third-order valence-electron chi connectivity index (χ3n) is 4.70. The van der Waals surface area contributed by atoms with Gasteiger partial charge in [-0.15, -0.1) is 0 Å². The Labute approximate surface area is 158 Å². The zero-order valence-electron chi connectivity index (χ0n) is 16.3. The maximum atomic E-state index is 13.3. The van der Waals surface area contributed by atoms with Crippen LogP contribution in [0, 0.1) is 0 Å². The molecule has 27 heavy (non-hydrogen) atoms. The van der Waals surface area contributed by atoms with Crippen molar-refractivity contribution in [2.24, 2.45) is 7.05 Å². The van der Waals surface area contributed by atoms with Gasteiger partial charge in [0.1, 0.15) is 17.1 Å². The molecule has 0 radical (unpaired) electrons. The summed E-state index contributed by atoms with van der Waals surface area (Å²) in [6, 6.07) is 6.53. The number of phenols is 2. The fourth-order valence-corrected chi connectivity index (χ4v) is 3.28. The van der Waals surface area contributed by atoms with Crippen LogP contribution in [-0.4, -0.2) is 31.7 Å². The highest BCUT2D eigenvalue weighted by Crippen LogP contribution is 2.34. The van der Waals surface area contributed by atoms with Gasteiger partial charge in [0.15, 0.2) is 0 Å². The Hall–Kier alpha value is -3.02. The third kappa shape index (κ3) is 3.35. The fraction of sp³-hybridized carbons (Fsp3) is 0.333.